The Kier molecular flexibility index (Phi) is 6.78. The van der Waals surface area contributed by atoms with Crippen molar-refractivity contribution in [3.63, 3.8) is 0 Å². The maximum atomic E-state index is 12.9. The zero-order valence-electron chi connectivity index (χ0n) is 19.9. The number of nitrogens with zero attached hydrogens (tertiary/aromatic N) is 4. The summed E-state index contributed by atoms with van der Waals surface area (Å²) in [7, 11) is 0. The van der Waals surface area contributed by atoms with Gasteiger partial charge in [0.2, 0.25) is 5.91 Å². The average Bonchev–Trinajstić information content (AvgIpc) is 3.43. The van der Waals surface area contributed by atoms with Crippen molar-refractivity contribution in [3.8, 4) is 0 Å². The molecule has 1 aliphatic rings. The summed E-state index contributed by atoms with van der Waals surface area (Å²) < 4.78 is 3.25. The highest BCUT2D eigenvalue weighted by Crippen LogP contribution is 2.25. The first kappa shape index (κ1) is 24.3. The van der Waals surface area contributed by atoms with Gasteiger partial charge in [-0.3, -0.25) is 19.1 Å². The third-order valence-corrected chi connectivity index (χ3v) is 6.47. The van der Waals surface area contributed by atoms with E-state index in [1.807, 2.05) is 36.4 Å². The molecule has 2 aromatic carbocycles. The number of aromatic nitrogens is 3. The van der Waals surface area contributed by atoms with E-state index in [0.29, 0.717) is 30.3 Å². The van der Waals surface area contributed by atoms with Crippen LogP contribution >= 0.6 is 11.6 Å². The van der Waals surface area contributed by atoms with E-state index in [1.54, 1.807) is 50.8 Å². The molecular formula is C27H25ClN6O3. The minimum Gasteiger partial charge on any atom is -0.382 e. The number of rotatable bonds is 7. The van der Waals surface area contributed by atoms with Gasteiger partial charge >= 0.3 is 0 Å². The van der Waals surface area contributed by atoms with E-state index in [1.165, 1.54) is 6.07 Å². The average molecular weight is 517 g/mol. The first-order chi connectivity index (χ1) is 17.9. The molecule has 1 atom stereocenters. The number of hydrogen-bond acceptors (Lipinski definition) is 5. The lowest BCUT2D eigenvalue weighted by Crippen LogP contribution is -2.37. The van der Waals surface area contributed by atoms with E-state index in [4.69, 9.17) is 17.3 Å². The van der Waals surface area contributed by atoms with Gasteiger partial charge in [0, 0.05) is 42.1 Å². The smallest absolute Gasteiger partial charge is 0.256 e. The second kappa shape index (κ2) is 10.3. The lowest BCUT2D eigenvalue weighted by molar-refractivity contribution is -0.117. The molecule has 1 fully saturated rings. The Hall–Kier alpha value is -4.37. The highest BCUT2D eigenvalue weighted by Gasteiger charge is 2.32. The second-order valence-electron chi connectivity index (χ2n) is 8.97. The van der Waals surface area contributed by atoms with E-state index in [-0.39, 0.29) is 41.2 Å². The van der Waals surface area contributed by atoms with Crippen LogP contribution in [-0.4, -0.2) is 38.7 Å². The summed E-state index contributed by atoms with van der Waals surface area (Å²) in [6.07, 6.45) is 3.55. The fourth-order valence-electron chi connectivity index (χ4n) is 4.38. The van der Waals surface area contributed by atoms with E-state index >= 15 is 0 Å². The molecule has 3 N–H and O–H groups in total. The standard InChI is InChI=1S/C27H25ClN6O3/c28-20-4-3-5-22(12-20)34-16-21(13-25(34)36)30-27(37)23-17-33(31-26(23)29)15-19-9-7-18(8-10-19)14-32-11-2-1-6-24(32)35/h1-12,17,21H,13-16H2,(H2,29,31)(H,30,37)/t21-/m0/s1. The van der Waals surface area contributed by atoms with Gasteiger partial charge in [-0.15, -0.1) is 0 Å². The van der Waals surface area contributed by atoms with Crippen molar-refractivity contribution in [2.24, 2.45) is 0 Å². The number of nitrogen functional groups attached to an aromatic ring is 1. The summed E-state index contributed by atoms with van der Waals surface area (Å²) in [4.78, 5) is 39.0. The summed E-state index contributed by atoms with van der Waals surface area (Å²) >= 11 is 6.05. The predicted octanol–water partition coefficient (Wildman–Crippen LogP) is 2.91. The molecule has 4 aromatic rings. The lowest BCUT2D eigenvalue weighted by Gasteiger charge is -2.17. The molecule has 2 aromatic heterocycles. The van der Waals surface area contributed by atoms with E-state index in [2.05, 4.69) is 10.4 Å². The molecule has 10 heteroatoms. The third-order valence-electron chi connectivity index (χ3n) is 6.23. The summed E-state index contributed by atoms with van der Waals surface area (Å²) in [5.41, 5.74) is 8.91. The first-order valence-corrected chi connectivity index (χ1v) is 12.2. The number of amides is 2. The van der Waals surface area contributed by atoms with Gasteiger partial charge in [0.05, 0.1) is 19.1 Å². The maximum Gasteiger partial charge on any atom is 0.256 e. The van der Waals surface area contributed by atoms with Crippen LogP contribution in [-0.2, 0) is 17.9 Å². The minimum absolute atomic E-state index is 0.0523. The summed E-state index contributed by atoms with van der Waals surface area (Å²) in [5.74, 6) is -0.344. The summed E-state index contributed by atoms with van der Waals surface area (Å²) in [6.45, 7) is 1.26. The van der Waals surface area contributed by atoms with Crippen molar-refractivity contribution in [1.82, 2.24) is 19.7 Å². The normalized spacial score (nSPS) is 15.2. The zero-order chi connectivity index (χ0) is 25.9. The number of pyridine rings is 1. The molecule has 3 heterocycles. The number of carbonyl (C=O) groups is 2. The lowest BCUT2D eigenvalue weighted by atomic mass is 10.1. The summed E-state index contributed by atoms with van der Waals surface area (Å²) in [6, 6.07) is 19.6. The Morgan fingerprint density at radius 2 is 1.78 bits per heavy atom. The monoisotopic (exact) mass is 516 g/mol. The number of carbonyl (C=O) groups excluding carboxylic acids is 2. The molecule has 0 saturated carbocycles. The molecule has 5 rings (SSSR count). The highest BCUT2D eigenvalue weighted by molar-refractivity contribution is 6.30. The van der Waals surface area contributed by atoms with Crippen LogP contribution in [0.3, 0.4) is 0 Å². The Balaban J connectivity index is 1.21. The number of anilines is 2. The van der Waals surface area contributed by atoms with Crippen LogP contribution in [0, 0.1) is 0 Å². The van der Waals surface area contributed by atoms with Gasteiger partial charge in [-0.1, -0.05) is 48.0 Å². The van der Waals surface area contributed by atoms with Crippen molar-refractivity contribution in [1.29, 1.82) is 0 Å². The molecule has 1 aliphatic heterocycles. The van der Waals surface area contributed by atoms with Gasteiger partial charge in [0.25, 0.3) is 11.5 Å². The molecule has 0 unspecified atom stereocenters. The van der Waals surface area contributed by atoms with Crippen LogP contribution in [0.25, 0.3) is 0 Å². The largest absolute Gasteiger partial charge is 0.382 e. The van der Waals surface area contributed by atoms with Crippen LogP contribution < -0.4 is 21.5 Å². The Labute approximate surface area is 218 Å². The molecular weight excluding hydrogens is 492 g/mol. The zero-order valence-corrected chi connectivity index (χ0v) is 20.6. The molecule has 37 heavy (non-hydrogen) atoms. The topological polar surface area (TPSA) is 115 Å². The van der Waals surface area contributed by atoms with Crippen molar-refractivity contribution in [3.05, 3.63) is 111 Å². The SMILES string of the molecule is Nc1nn(Cc2ccc(Cn3ccccc3=O)cc2)cc1C(=O)N[C@H]1CC(=O)N(c2cccc(Cl)c2)C1. The van der Waals surface area contributed by atoms with Crippen molar-refractivity contribution in [2.75, 3.05) is 17.2 Å². The van der Waals surface area contributed by atoms with Crippen LogP contribution in [0.4, 0.5) is 11.5 Å². The predicted molar refractivity (Wildman–Crippen MR) is 142 cm³/mol. The third kappa shape index (κ3) is 5.57. The molecule has 1 saturated heterocycles. The number of benzene rings is 2. The van der Waals surface area contributed by atoms with Crippen LogP contribution in [0.2, 0.25) is 5.02 Å². The number of halogens is 1. The molecule has 188 valence electrons. The van der Waals surface area contributed by atoms with Gasteiger partial charge in [-0.2, -0.15) is 5.10 Å². The van der Waals surface area contributed by atoms with E-state index in [9.17, 15) is 14.4 Å². The number of nitrogens with one attached hydrogen (secondary N) is 1. The second-order valence-corrected chi connectivity index (χ2v) is 9.40. The van der Waals surface area contributed by atoms with Gasteiger partial charge in [-0.25, -0.2) is 0 Å². The summed E-state index contributed by atoms with van der Waals surface area (Å²) in [5, 5.41) is 7.73. The van der Waals surface area contributed by atoms with Crippen LogP contribution in [0.1, 0.15) is 27.9 Å². The number of nitrogens with two attached hydrogens (primary N) is 1. The fourth-order valence-corrected chi connectivity index (χ4v) is 4.56. The minimum atomic E-state index is -0.377. The fraction of sp³-hybridized carbons (Fsp3) is 0.185. The highest BCUT2D eigenvalue weighted by atomic mass is 35.5. The maximum absolute atomic E-state index is 12.9. The molecule has 0 spiro atoms. The van der Waals surface area contributed by atoms with Crippen molar-refractivity contribution >= 4 is 34.9 Å². The first-order valence-electron chi connectivity index (χ1n) is 11.8. The Bertz CT molecular complexity index is 1510. The molecule has 0 radical (unpaired) electrons. The quantitative estimate of drug-likeness (QED) is 0.392. The Morgan fingerprint density at radius 1 is 1.03 bits per heavy atom. The molecule has 0 bridgehead atoms. The van der Waals surface area contributed by atoms with E-state index < -0.39 is 0 Å². The van der Waals surface area contributed by atoms with Gasteiger partial charge in [0.15, 0.2) is 5.82 Å². The van der Waals surface area contributed by atoms with Crippen molar-refractivity contribution in [2.45, 2.75) is 25.6 Å². The van der Waals surface area contributed by atoms with E-state index in [0.717, 1.165) is 11.1 Å². The number of hydrogen-bond donors (Lipinski definition) is 2. The Morgan fingerprint density at radius 3 is 2.51 bits per heavy atom. The molecule has 2 amide bonds. The molecule has 9 nitrogen and oxygen atoms in total. The van der Waals surface area contributed by atoms with Gasteiger partial charge in [0.1, 0.15) is 5.56 Å². The van der Waals surface area contributed by atoms with Gasteiger partial charge < -0.3 is 20.5 Å². The molecule has 0 aliphatic carbocycles. The van der Waals surface area contributed by atoms with Crippen LogP contribution in [0.5, 0.6) is 0 Å². The van der Waals surface area contributed by atoms with Crippen molar-refractivity contribution < 1.29 is 9.59 Å². The van der Waals surface area contributed by atoms with Gasteiger partial charge in [-0.05, 0) is 35.4 Å². The van der Waals surface area contributed by atoms with Crippen LogP contribution in [0.15, 0.2) is 83.9 Å².